The van der Waals surface area contributed by atoms with E-state index in [4.69, 9.17) is 0 Å². The number of benzene rings is 3. The Labute approximate surface area is 200 Å². The third-order valence-electron chi connectivity index (χ3n) is 4.77. The first-order chi connectivity index (χ1) is 15.0. The second-order valence-electron chi connectivity index (χ2n) is 7.13. The van der Waals surface area contributed by atoms with Crippen molar-refractivity contribution in [1.29, 1.82) is 0 Å². The monoisotopic (exact) mass is 544 g/mol. The normalized spacial score (nSPS) is 13.0. The minimum atomic E-state index is -3.51. The zero-order valence-electron chi connectivity index (χ0n) is 17.3. The van der Waals surface area contributed by atoms with Gasteiger partial charge in [0.05, 0.1) is 10.0 Å². The molecule has 4 nitrogen and oxygen atoms in total. The van der Waals surface area contributed by atoms with Crippen molar-refractivity contribution in [2.45, 2.75) is 24.9 Å². The standard InChI is InChI=1S/C24H27N2O2S.ClH.Ru/c1-29(27,28)26-24(22-17-9-4-10-18-22)23(21-15-7-3-8-16-21)25-19-11-14-20-12-5-2-6-13-20;;/h2-10,12-13,15-18,23-25H,11,14,19H2,1H3;1H;/q-1;;+2/p-1. The van der Waals surface area contributed by atoms with E-state index in [1.165, 1.54) is 5.56 Å². The molecule has 2 atom stereocenters. The molecule has 7 heteroatoms. The topological polar surface area (TPSA) is 60.3 Å². The molecule has 166 valence electrons. The molecule has 0 heterocycles. The number of nitrogens with zero attached hydrogens (tertiary/aromatic N) is 1. The van der Waals surface area contributed by atoms with Gasteiger partial charge in [-0.2, -0.15) is 0 Å². The van der Waals surface area contributed by atoms with E-state index in [1.54, 1.807) is 0 Å². The molecule has 0 saturated heterocycles. The Hall–Kier alpha value is -1.56. The van der Waals surface area contributed by atoms with Gasteiger partial charge in [0.25, 0.3) is 0 Å². The summed E-state index contributed by atoms with van der Waals surface area (Å²) in [5.41, 5.74) is 3.20. The maximum absolute atomic E-state index is 12.1. The average Bonchev–Trinajstić information content (AvgIpc) is 2.80. The molecule has 0 bridgehead atoms. The van der Waals surface area contributed by atoms with Crippen LogP contribution in [0, 0.1) is 0 Å². The summed E-state index contributed by atoms with van der Waals surface area (Å²) in [6, 6.07) is 29.2. The van der Waals surface area contributed by atoms with Crippen molar-refractivity contribution in [2.75, 3.05) is 12.8 Å². The van der Waals surface area contributed by atoms with E-state index in [-0.39, 0.29) is 6.04 Å². The maximum atomic E-state index is 12.1. The van der Waals surface area contributed by atoms with Crippen LogP contribution in [0.15, 0.2) is 91.0 Å². The van der Waals surface area contributed by atoms with Gasteiger partial charge >= 0.3 is 27.0 Å². The molecule has 0 aromatic heterocycles. The molecule has 0 spiro atoms. The van der Waals surface area contributed by atoms with Gasteiger partial charge in [0.2, 0.25) is 0 Å². The van der Waals surface area contributed by atoms with Crippen molar-refractivity contribution in [3.05, 3.63) is 112 Å². The van der Waals surface area contributed by atoms with Gasteiger partial charge in [0.1, 0.15) is 0 Å². The van der Waals surface area contributed by atoms with Crippen LogP contribution in [0.2, 0.25) is 0 Å². The molecule has 3 rings (SSSR count). The van der Waals surface area contributed by atoms with Gasteiger partial charge in [-0.05, 0) is 30.5 Å². The number of nitrogens with one attached hydrogen (secondary N) is 1. The first kappa shape index (κ1) is 25.7. The van der Waals surface area contributed by atoms with E-state index in [9.17, 15) is 8.42 Å². The zero-order valence-corrected chi connectivity index (χ0v) is 20.7. The van der Waals surface area contributed by atoms with Crippen molar-refractivity contribution in [3.63, 3.8) is 0 Å². The zero-order chi connectivity index (χ0) is 22.5. The molecule has 0 aliphatic heterocycles. The van der Waals surface area contributed by atoms with Crippen LogP contribution in [0.1, 0.15) is 35.2 Å². The average molecular weight is 544 g/mol. The van der Waals surface area contributed by atoms with Gasteiger partial charge in [-0.25, -0.2) is 8.42 Å². The number of rotatable bonds is 10. The van der Waals surface area contributed by atoms with E-state index < -0.39 is 16.1 Å². The molecule has 0 radical (unpaired) electrons. The molecule has 0 aliphatic carbocycles. The fourth-order valence-corrected chi connectivity index (χ4v) is 4.09. The van der Waals surface area contributed by atoms with Crippen LogP contribution >= 0.6 is 9.69 Å². The van der Waals surface area contributed by atoms with Crippen LogP contribution in [0.4, 0.5) is 0 Å². The van der Waals surface area contributed by atoms with Gasteiger partial charge < -0.3 is 10.0 Å². The van der Waals surface area contributed by atoms with Gasteiger partial charge in [-0.1, -0.05) is 103 Å². The van der Waals surface area contributed by atoms with Crippen LogP contribution in [-0.2, 0) is 33.8 Å². The van der Waals surface area contributed by atoms with Crippen molar-refractivity contribution in [3.8, 4) is 0 Å². The van der Waals surface area contributed by atoms with Crippen molar-refractivity contribution < 1.29 is 25.7 Å². The second kappa shape index (κ2) is 13.8. The van der Waals surface area contributed by atoms with Crippen LogP contribution in [0.5, 0.6) is 0 Å². The molecule has 1 N–H and O–H groups in total. The third kappa shape index (κ3) is 9.22. The fraction of sp³-hybridized carbons (Fsp3) is 0.250. The van der Waals surface area contributed by atoms with Crippen molar-refractivity contribution in [2.24, 2.45) is 0 Å². The molecular formula is C24H27ClN2O2RuS. The summed E-state index contributed by atoms with van der Waals surface area (Å²) in [7, 11) is 1.06. The second-order valence-corrected chi connectivity index (χ2v) is 8.80. The summed E-state index contributed by atoms with van der Waals surface area (Å²) < 4.78 is 28.3. The Balaban J connectivity index is 0.00000166. The Morgan fingerprint density at radius 3 is 1.84 bits per heavy atom. The van der Waals surface area contributed by atoms with E-state index in [0.29, 0.717) is 0 Å². The Bertz CT molecular complexity index is 974. The van der Waals surface area contributed by atoms with E-state index in [2.05, 4.69) is 31.9 Å². The van der Waals surface area contributed by atoms with Crippen LogP contribution in [0.25, 0.3) is 4.72 Å². The quantitative estimate of drug-likeness (QED) is 0.263. The molecule has 3 aromatic carbocycles. The molecule has 0 saturated carbocycles. The molecular weight excluding hydrogens is 517 g/mol. The molecule has 0 aliphatic rings. The molecule has 31 heavy (non-hydrogen) atoms. The number of hydrogen-bond donors (Lipinski definition) is 1. The fourth-order valence-electron chi connectivity index (χ4n) is 3.44. The summed E-state index contributed by atoms with van der Waals surface area (Å²) >= 11 is 1.82. The summed E-state index contributed by atoms with van der Waals surface area (Å²) in [4.78, 5) is 0. The predicted molar refractivity (Wildman–Crippen MR) is 125 cm³/mol. The SMILES string of the molecule is CS(=O)(=O)[N-]C(c1ccccc1)C(NCCCc1ccccc1)c1ccccc1.[Cl][Ru+]. The van der Waals surface area contributed by atoms with Crippen molar-refractivity contribution >= 4 is 19.7 Å². The first-order valence-electron chi connectivity index (χ1n) is 9.95. The minimum absolute atomic E-state index is 0.232. The summed E-state index contributed by atoms with van der Waals surface area (Å²) in [5.74, 6) is 0. The van der Waals surface area contributed by atoms with E-state index in [1.807, 2.05) is 96.2 Å². The van der Waals surface area contributed by atoms with Crippen LogP contribution < -0.4 is 5.32 Å². The Morgan fingerprint density at radius 1 is 0.839 bits per heavy atom. The molecule has 3 aromatic rings. The molecule has 0 amide bonds. The van der Waals surface area contributed by atoms with Crippen molar-refractivity contribution in [1.82, 2.24) is 5.32 Å². The Kier molecular flexibility index (Phi) is 11.4. The van der Waals surface area contributed by atoms with Crippen LogP contribution in [-0.4, -0.2) is 21.2 Å². The number of halogens is 1. The summed E-state index contributed by atoms with van der Waals surface area (Å²) in [6.45, 7) is 0.761. The Morgan fingerprint density at radius 2 is 1.32 bits per heavy atom. The number of hydrogen-bond acceptors (Lipinski definition) is 3. The number of aryl methyl sites for hydroxylation is 1. The van der Waals surface area contributed by atoms with E-state index in [0.717, 1.165) is 36.8 Å². The molecule has 2 unspecified atom stereocenters. The van der Waals surface area contributed by atoms with Gasteiger partial charge in [-0.15, -0.1) is 0 Å². The number of sulfonamides is 1. The predicted octanol–water partition coefficient (Wildman–Crippen LogP) is 5.71. The summed E-state index contributed by atoms with van der Waals surface area (Å²) in [5, 5.41) is 3.57. The van der Waals surface area contributed by atoms with Gasteiger partial charge in [0.15, 0.2) is 0 Å². The summed E-state index contributed by atoms with van der Waals surface area (Å²) in [6.07, 6.45) is 3.07. The van der Waals surface area contributed by atoms with Gasteiger partial charge in [0, 0.05) is 12.3 Å². The molecule has 0 fully saturated rings. The first-order valence-corrected chi connectivity index (χ1v) is 14.0. The third-order valence-corrected chi connectivity index (χ3v) is 5.38. The van der Waals surface area contributed by atoms with E-state index >= 15 is 0 Å². The van der Waals surface area contributed by atoms with Gasteiger partial charge in [-0.3, -0.25) is 0 Å². The van der Waals surface area contributed by atoms with Crippen LogP contribution in [0.3, 0.4) is 0 Å².